The van der Waals surface area contributed by atoms with Crippen molar-refractivity contribution in [3.8, 4) is 6.07 Å². The molecule has 1 aromatic rings. The van der Waals surface area contributed by atoms with Crippen molar-refractivity contribution in [1.29, 1.82) is 5.26 Å². The number of nitriles is 1. The van der Waals surface area contributed by atoms with Crippen LogP contribution in [-0.4, -0.2) is 23.8 Å². The van der Waals surface area contributed by atoms with E-state index in [9.17, 15) is 14.9 Å². The highest BCUT2D eigenvalue weighted by Gasteiger charge is 2.61. The molecule has 0 spiro atoms. The summed E-state index contributed by atoms with van der Waals surface area (Å²) in [6.45, 7) is 6.92. The molecule has 3 fully saturated rings. The second-order valence-corrected chi connectivity index (χ2v) is 11.9. The Labute approximate surface area is 207 Å². The number of allylic oxidation sites excluding steroid dienone is 2. The molecular formula is C28H34ClN3O2. The van der Waals surface area contributed by atoms with Gasteiger partial charge in [-0.1, -0.05) is 37.1 Å². The van der Waals surface area contributed by atoms with Gasteiger partial charge in [0.1, 0.15) is 6.07 Å². The maximum Gasteiger partial charge on any atom is 0.228 e. The van der Waals surface area contributed by atoms with Crippen LogP contribution in [0.15, 0.2) is 29.5 Å². The number of rotatable bonds is 2. The zero-order chi connectivity index (χ0) is 24.4. The van der Waals surface area contributed by atoms with E-state index in [4.69, 9.17) is 11.6 Å². The van der Waals surface area contributed by atoms with Crippen LogP contribution in [0.5, 0.6) is 0 Å². The number of fused-ring (bicyclic) bond motifs is 5. The summed E-state index contributed by atoms with van der Waals surface area (Å²) in [6, 6.07) is 7.32. The van der Waals surface area contributed by atoms with E-state index >= 15 is 0 Å². The maximum absolute atomic E-state index is 13.5. The summed E-state index contributed by atoms with van der Waals surface area (Å²) < 4.78 is 0. The number of likely N-dealkylation sites (tertiary alicyclic amines) is 1. The minimum absolute atomic E-state index is 0.0141. The molecule has 6 atom stereocenters. The van der Waals surface area contributed by atoms with E-state index in [0.717, 1.165) is 38.5 Å². The third-order valence-corrected chi connectivity index (χ3v) is 10.3. The molecule has 1 N–H and O–H groups in total. The summed E-state index contributed by atoms with van der Waals surface area (Å²) in [7, 11) is 1.95. The van der Waals surface area contributed by atoms with E-state index in [0.29, 0.717) is 40.4 Å². The van der Waals surface area contributed by atoms with Crippen molar-refractivity contribution in [3.05, 3.63) is 40.1 Å². The van der Waals surface area contributed by atoms with Gasteiger partial charge < -0.3 is 10.2 Å². The zero-order valence-corrected chi connectivity index (χ0v) is 21.3. The smallest absolute Gasteiger partial charge is 0.228 e. The van der Waals surface area contributed by atoms with Gasteiger partial charge in [0.2, 0.25) is 11.8 Å². The molecule has 0 unspecified atom stereocenters. The van der Waals surface area contributed by atoms with Crippen molar-refractivity contribution in [2.45, 2.75) is 65.7 Å². The van der Waals surface area contributed by atoms with Crippen LogP contribution in [0.25, 0.3) is 0 Å². The quantitative estimate of drug-likeness (QED) is 0.553. The molecule has 3 aliphatic carbocycles. The van der Waals surface area contributed by atoms with Gasteiger partial charge in [0.15, 0.2) is 0 Å². The van der Waals surface area contributed by atoms with Gasteiger partial charge in [-0.2, -0.15) is 5.26 Å². The molecule has 0 aromatic heterocycles. The number of amides is 2. The predicted octanol–water partition coefficient (Wildman–Crippen LogP) is 6.15. The summed E-state index contributed by atoms with van der Waals surface area (Å²) in [6.07, 6.45) is 6.64. The van der Waals surface area contributed by atoms with Gasteiger partial charge in [-0.05, 0) is 80.8 Å². The Morgan fingerprint density at radius 3 is 2.71 bits per heavy atom. The highest BCUT2D eigenvalue weighted by atomic mass is 35.5. The van der Waals surface area contributed by atoms with E-state index in [1.54, 1.807) is 18.2 Å². The van der Waals surface area contributed by atoms with Gasteiger partial charge in [-0.3, -0.25) is 9.59 Å². The molecule has 0 radical (unpaired) electrons. The molecule has 2 saturated carbocycles. The number of hydrogen-bond donors (Lipinski definition) is 1. The number of piperidine rings is 1. The fraction of sp³-hybridized carbons (Fsp3) is 0.607. The summed E-state index contributed by atoms with van der Waals surface area (Å²) >= 11 is 6.19. The average Bonchev–Trinajstić information content (AvgIpc) is 3.14. The molecule has 6 heteroatoms. The largest absolute Gasteiger partial charge is 0.325 e. The molecule has 0 bridgehead atoms. The molecule has 5 rings (SSSR count). The Hall–Kier alpha value is -2.32. The monoisotopic (exact) mass is 479 g/mol. The molecule has 180 valence electrons. The van der Waals surface area contributed by atoms with Gasteiger partial charge in [-0.15, -0.1) is 0 Å². The number of halogens is 1. The Bertz CT molecular complexity index is 1140. The number of benzene rings is 1. The predicted molar refractivity (Wildman–Crippen MR) is 133 cm³/mol. The van der Waals surface area contributed by atoms with Crippen molar-refractivity contribution in [3.63, 3.8) is 0 Å². The SMILES string of the molecule is CC1=C2N(C)C(=O)CC[C@]2(C)[C@H]2CC[C@]3(C)[C@@H](C(=O)Nc4cccc(Cl)c4C#N)CC[C@H]3[C@@H]2C1. The van der Waals surface area contributed by atoms with Gasteiger partial charge in [-0.25, -0.2) is 0 Å². The average molecular weight is 480 g/mol. The van der Waals surface area contributed by atoms with Crippen molar-refractivity contribution in [2.75, 3.05) is 12.4 Å². The standard InChI is InChI=1S/C28H34ClN3O2/c1-16-14-17-19-8-9-21(26(34)31-23-7-5-6-22(29)18(23)15-30)27(19,2)12-10-20(17)28(3)13-11-24(33)32(4)25(16)28/h5-7,17,19-21H,8-14H2,1-4H3,(H,31,34)/t17-,19-,20-,21+,27-,28+/m0/s1. The second kappa shape index (κ2) is 8.12. The van der Waals surface area contributed by atoms with E-state index in [1.165, 1.54) is 11.3 Å². The fourth-order valence-electron chi connectivity index (χ4n) is 8.50. The number of carbonyl (C=O) groups excluding carboxylic acids is 2. The Morgan fingerprint density at radius 1 is 1.21 bits per heavy atom. The second-order valence-electron chi connectivity index (χ2n) is 11.5. The third kappa shape index (κ3) is 3.25. The molecule has 2 amide bonds. The lowest BCUT2D eigenvalue weighted by molar-refractivity contribution is -0.137. The van der Waals surface area contributed by atoms with Crippen molar-refractivity contribution in [2.24, 2.45) is 34.5 Å². The molecule has 4 aliphatic rings. The number of nitrogens with one attached hydrogen (secondary N) is 1. The molecule has 1 aromatic carbocycles. The summed E-state index contributed by atoms with van der Waals surface area (Å²) in [5.41, 5.74) is 3.44. The van der Waals surface area contributed by atoms with Crippen LogP contribution in [0.2, 0.25) is 5.02 Å². The fourth-order valence-corrected chi connectivity index (χ4v) is 8.72. The Kier molecular flexibility index (Phi) is 5.60. The first-order valence-corrected chi connectivity index (χ1v) is 13.0. The Morgan fingerprint density at radius 2 is 1.97 bits per heavy atom. The molecule has 1 saturated heterocycles. The van der Waals surface area contributed by atoms with Gasteiger partial charge in [0, 0.05) is 30.5 Å². The van der Waals surface area contributed by atoms with Crippen molar-refractivity contribution < 1.29 is 9.59 Å². The van der Waals surface area contributed by atoms with Crippen LogP contribution < -0.4 is 5.32 Å². The first kappa shape index (κ1) is 23.4. The van der Waals surface area contributed by atoms with Crippen LogP contribution in [0.4, 0.5) is 5.69 Å². The third-order valence-electron chi connectivity index (χ3n) is 10.0. The lowest BCUT2D eigenvalue weighted by atomic mass is 9.48. The highest BCUT2D eigenvalue weighted by molar-refractivity contribution is 6.32. The molecule has 34 heavy (non-hydrogen) atoms. The van der Waals surface area contributed by atoms with Crippen molar-refractivity contribution in [1.82, 2.24) is 4.90 Å². The topological polar surface area (TPSA) is 73.2 Å². The van der Waals surface area contributed by atoms with E-state index in [2.05, 4.69) is 32.2 Å². The highest BCUT2D eigenvalue weighted by Crippen LogP contribution is 2.66. The summed E-state index contributed by atoms with van der Waals surface area (Å²) in [5, 5.41) is 12.9. The van der Waals surface area contributed by atoms with Gasteiger partial charge in [0.25, 0.3) is 0 Å². The van der Waals surface area contributed by atoms with Crippen LogP contribution in [0.1, 0.15) is 71.3 Å². The maximum atomic E-state index is 13.5. The molecule has 1 aliphatic heterocycles. The Balaban J connectivity index is 1.42. The molecule has 1 heterocycles. The summed E-state index contributed by atoms with van der Waals surface area (Å²) in [4.78, 5) is 28.0. The normalized spacial score (nSPS) is 36.9. The van der Waals surface area contributed by atoms with Crippen LogP contribution in [0, 0.1) is 45.8 Å². The van der Waals surface area contributed by atoms with Gasteiger partial charge in [0.05, 0.1) is 16.3 Å². The van der Waals surface area contributed by atoms with Crippen molar-refractivity contribution >= 4 is 29.1 Å². The van der Waals surface area contributed by atoms with E-state index in [1.807, 2.05) is 11.9 Å². The lowest BCUT2D eigenvalue weighted by Gasteiger charge is -2.59. The first-order chi connectivity index (χ1) is 16.1. The van der Waals surface area contributed by atoms with E-state index in [-0.39, 0.29) is 28.6 Å². The first-order valence-electron chi connectivity index (χ1n) is 12.6. The van der Waals surface area contributed by atoms with Crippen LogP contribution in [-0.2, 0) is 9.59 Å². The summed E-state index contributed by atoms with van der Waals surface area (Å²) in [5.74, 6) is 1.78. The minimum Gasteiger partial charge on any atom is -0.325 e. The van der Waals surface area contributed by atoms with Crippen LogP contribution >= 0.6 is 11.6 Å². The number of carbonyl (C=O) groups is 2. The van der Waals surface area contributed by atoms with Crippen LogP contribution in [0.3, 0.4) is 0 Å². The number of hydrogen-bond acceptors (Lipinski definition) is 3. The molecular weight excluding hydrogens is 446 g/mol. The lowest BCUT2D eigenvalue weighted by Crippen LogP contribution is -2.54. The molecule has 5 nitrogen and oxygen atoms in total. The number of anilines is 1. The van der Waals surface area contributed by atoms with Gasteiger partial charge >= 0.3 is 0 Å². The zero-order valence-electron chi connectivity index (χ0n) is 20.6. The minimum atomic E-state index is -0.0712. The van der Waals surface area contributed by atoms with E-state index < -0.39 is 0 Å². The number of nitrogens with zero attached hydrogens (tertiary/aromatic N) is 2.